The molecule has 0 bridgehead atoms. The number of ether oxygens (including phenoxy) is 1. The highest BCUT2D eigenvalue weighted by molar-refractivity contribution is 9.10. The number of amides is 1. The summed E-state index contributed by atoms with van der Waals surface area (Å²) in [6, 6.07) is 14.8. The van der Waals surface area contributed by atoms with Gasteiger partial charge in [-0.3, -0.25) is 4.79 Å². The molecule has 27 heavy (non-hydrogen) atoms. The van der Waals surface area contributed by atoms with E-state index in [0.717, 1.165) is 21.6 Å². The molecule has 140 valence electrons. The third-order valence-electron chi connectivity index (χ3n) is 3.78. The van der Waals surface area contributed by atoms with Gasteiger partial charge in [0.15, 0.2) is 5.76 Å². The summed E-state index contributed by atoms with van der Waals surface area (Å²) in [5, 5.41) is 2.83. The minimum atomic E-state index is -0.277. The zero-order valence-corrected chi connectivity index (χ0v) is 16.7. The van der Waals surface area contributed by atoms with Gasteiger partial charge in [0.25, 0.3) is 5.91 Å². The number of carbonyl (C=O) groups is 1. The fraction of sp³-hybridized carbons (Fsp3) is 0.200. The molecule has 0 aliphatic carbocycles. The topological polar surface area (TPSA) is 67.6 Å². The molecule has 0 saturated carbocycles. The van der Waals surface area contributed by atoms with Gasteiger partial charge in [-0.05, 0) is 42.0 Å². The molecule has 0 aliphatic heterocycles. The number of rotatable bonds is 7. The van der Waals surface area contributed by atoms with Crippen LogP contribution in [0.3, 0.4) is 0 Å². The van der Waals surface area contributed by atoms with Gasteiger partial charge in [-0.1, -0.05) is 28.1 Å². The van der Waals surface area contributed by atoms with Crippen LogP contribution in [0.25, 0.3) is 0 Å². The zero-order chi connectivity index (χ0) is 19.2. The Hall–Kier alpha value is -2.80. The fourth-order valence-corrected chi connectivity index (χ4v) is 2.72. The molecule has 0 spiro atoms. The highest BCUT2D eigenvalue weighted by Crippen LogP contribution is 2.19. The van der Waals surface area contributed by atoms with Crippen molar-refractivity contribution in [2.24, 2.45) is 0 Å². The maximum Gasteiger partial charge on any atom is 0.287 e. The van der Waals surface area contributed by atoms with E-state index >= 15 is 0 Å². The number of halogens is 1. The van der Waals surface area contributed by atoms with Gasteiger partial charge in [-0.2, -0.15) is 0 Å². The first-order valence-corrected chi connectivity index (χ1v) is 9.18. The van der Waals surface area contributed by atoms with Crippen LogP contribution >= 0.6 is 15.9 Å². The molecular weight excluding hydrogens is 410 g/mol. The number of furan rings is 1. The van der Waals surface area contributed by atoms with Crippen LogP contribution in [0.4, 0.5) is 5.82 Å². The van der Waals surface area contributed by atoms with Gasteiger partial charge in [-0.15, -0.1) is 0 Å². The van der Waals surface area contributed by atoms with Crippen molar-refractivity contribution < 1.29 is 13.9 Å². The van der Waals surface area contributed by atoms with E-state index in [2.05, 4.69) is 26.2 Å². The molecular formula is C20H20BrN3O3. The Labute approximate surface area is 166 Å². The average molecular weight is 430 g/mol. The summed E-state index contributed by atoms with van der Waals surface area (Å²) in [6.07, 6.45) is 1.75. The van der Waals surface area contributed by atoms with Gasteiger partial charge in [0.05, 0.1) is 0 Å². The molecule has 0 aliphatic rings. The van der Waals surface area contributed by atoms with Gasteiger partial charge in [0, 0.05) is 31.3 Å². The van der Waals surface area contributed by atoms with E-state index in [1.807, 2.05) is 55.4 Å². The lowest BCUT2D eigenvalue weighted by Gasteiger charge is -2.11. The Morgan fingerprint density at radius 1 is 1.22 bits per heavy atom. The van der Waals surface area contributed by atoms with E-state index < -0.39 is 0 Å². The molecule has 0 radical (unpaired) electrons. The highest BCUT2D eigenvalue weighted by atomic mass is 79.9. The second-order valence-electron chi connectivity index (χ2n) is 6.11. The van der Waals surface area contributed by atoms with E-state index in [4.69, 9.17) is 9.15 Å². The van der Waals surface area contributed by atoms with Crippen LogP contribution < -0.4 is 15.0 Å². The summed E-state index contributed by atoms with van der Waals surface area (Å²) in [7, 11) is 3.86. The van der Waals surface area contributed by atoms with Gasteiger partial charge in [-0.25, -0.2) is 4.98 Å². The normalized spacial score (nSPS) is 10.5. The lowest BCUT2D eigenvalue weighted by atomic mass is 10.2. The molecule has 2 heterocycles. The lowest BCUT2D eigenvalue weighted by molar-refractivity contribution is 0.0919. The van der Waals surface area contributed by atoms with Crippen molar-refractivity contribution >= 4 is 27.7 Å². The van der Waals surface area contributed by atoms with Crippen LogP contribution in [0.15, 0.2) is 63.6 Å². The first kappa shape index (κ1) is 19.0. The Kier molecular flexibility index (Phi) is 6.13. The predicted octanol–water partition coefficient (Wildman–Crippen LogP) is 4.01. The maximum absolute atomic E-state index is 12.2. The summed E-state index contributed by atoms with van der Waals surface area (Å²) in [4.78, 5) is 18.5. The highest BCUT2D eigenvalue weighted by Gasteiger charge is 2.11. The molecule has 2 aromatic heterocycles. The van der Waals surface area contributed by atoms with Crippen LogP contribution in [0.2, 0.25) is 0 Å². The summed E-state index contributed by atoms with van der Waals surface area (Å²) < 4.78 is 12.2. The van der Waals surface area contributed by atoms with Crippen LogP contribution in [0.1, 0.15) is 21.9 Å². The van der Waals surface area contributed by atoms with Crippen molar-refractivity contribution in [3.8, 4) is 5.75 Å². The van der Waals surface area contributed by atoms with Crippen LogP contribution in [-0.2, 0) is 13.2 Å². The van der Waals surface area contributed by atoms with Crippen LogP contribution in [0.5, 0.6) is 5.75 Å². The van der Waals surface area contributed by atoms with Gasteiger partial charge >= 0.3 is 0 Å². The third-order valence-corrected chi connectivity index (χ3v) is 4.28. The smallest absolute Gasteiger partial charge is 0.287 e. The first-order chi connectivity index (χ1) is 13.0. The number of aromatic nitrogens is 1. The van der Waals surface area contributed by atoms with Crippen molar-refractivity contribution in [3.63, 3.8) is 0 Å². The maximum atomic E-state index is 12.2. The monoisotopic (exact) mass is 429 g/mol. The van der Waals surface area contributed by atoms with Crippen LogP contribution in [-0.4, -0.2) is 25.0 Å². The summed E-state index contributed by atoms with van der Waals surface area (Å²) in [6.45, 7) is 0.629. The third kappa shape index (κ3) is 5.34. The lowest BCUT2D eigenvalue weighted by Crippen LogP contribution is -2.22. The Morgan fingerprint density at radius 2 is 2.07 bits per heavy atom. The molecule has 3 rings (SSSR count). The molecule has 0 unspecified atom stereocenters. The number of carbonyl (C=O) groups excluding carboxylic acids is 1. The number of pyridine rings is 1. The van der Waals surface area contributed by atoms with Gasteiger partial charge < -0.3 is 19.4 Å². The number of benzene rings is 1. The van der Waals surface area contributed by atoms with Crippen LogP contribution in [0, 0.1) is 0 Å². The number of hydrogen-bond acceptors (Lipinski definition) is 5. The average Bonchev–Trinajstić information content (AvgIpc) is 3.14. The minimum Gasteiger partial charge on any atom is -0.486 e. The number of nitrogens with one attached hydrogen (secondary N) is 1. The summed E-state index contributed by atoms with van der Waals surface area (Å²) in [5.74, 6) is 2.14. The zero-order valence-electron chi connectivity index (χ0n) is 15.1. The van der Waals surface area contributed by atoms with Crippen molar-refractivity contribution in [3.05, 3.63) is 76.3 Å². The molecule has 3 aromatic rings. The van der Waals surface area contributed by atoms with Gasteiger partial charge in [0.1, 0.15) is 23.9 Å². The number of nitrogens with zero attached hydrogens (tertiary/aromatic N) is 2. The Balaban J connectivity index is 1.52. The molecule has 7 heteroatoms. The Bertz CT molecular complexity index is 907. The van der Waals surface area contributed by atoms with E-state index in [0.29, 0.717) is 12.3 Å². The van der Waals surface area contributed by atoms with E-state index in [1.54, 1.807) is 18.3 Å². The standard InChI is InChI=1S/C20H20BrN3O3/c1-24(2)19-9-6-14(11-22-19)12-23-20(25)18-8-7-17(27-18)13-26-16-5-3-4-15(21)10-16/h3-11H,12-13H2,1-2H3,(H,23,25). The number of anilines is 1. The fourth-order valence-electron chi connectivity index (χ4n) is 2.34. The molecule has 1 N–H and O–H groups in total. The molecule has 1 aromatic carbocycles. The molecule has 0 atom stereocenters. The second-order valence-corrected chi connectivity index (χ2v) is 7.03. The van der Waals surface area contributed by atoms with Crippen molar-refractivity contribution in [2.45, 2.75) is 13.2 Å². The summed E-state index contributed by atoms with van der Waals surface area (Å²) >= 11 is 3.40. The minimum absolute atomic E-state index is 0.250. The molecule has 6 nitrogen and oxygen atoms in total. The van der Waals surface area contributed by atoms with E-state index in [-0.39, 0.29) is 18.3 Å². The predicted molar refractivity (Wildman–Crippen MR) is 107 cm³/mol. The molecule has 0 fully saturated rings. The quantitative estimate of drug-likeness (QED) is 0.614. The first-order valence-electron chi connectivity index (χ1n) is 8.39. The molecule has 0 saturated heterocycles. The Morgan fingerprint density at radius 3 is 2.78 bits per heavy atom. The van der Waals surface area contributed by atoms with E-state index in [1.165, 1.54) is 0 Å². The van der Waals surface area contributed by atoms with Crippen molar-refractivity contribution in [1.82, 2.24) is 10.3 Å². The van der Waals surface area contributed by atoms with Crippen molar-refractivity contribution in [2.75, 3.05) is 19.0 Å². The van der Waals surface area contributed by atoms with Gasteiger partial charge in [0.2, 0.25) is 0 Å². The SMILES string of the molecule is CN(C)c1ccc(CNC(=O)c2ccc(COc3cccc(Br)c3)o2)cn1. The number of hydrogen-bond donors (Lipinski definition) is 1. The molecule has 1 amide bonds. The summed E-state index contributed by atoms with van der Waals surface area (Å²) in [5.41, 5.74) is 0.915. The van der Waals surface area contributed by atoms with Crippen molar-refractivity contribution in [1.29, 1.82) is 0 Å². The largest absolute Gasteiger partial charge is 0.486 e. The second kappa shape index (κ2) is 8.73. The van der Waals surface area contributed by atoms with E-state index in [9.17, 15) is 4.79 Å².